The lowest BCUT2D eigenvalue weighted by Gasteiger charge is -2.38. The van der Waals surface area contributed by atoms with E-state index in [4.69, 9.17) is 10.7 Å². The van der Waals surface area contributed by atoms with Crippen LogP contribution in [0.4, 0.5) is 5.82 Å². The van der Waals surface area contributed by atoms with Gasteiger partial charge in [0, 0.05) is 41.6 Å². The molecule has 13 nitrogen and oxygen atoms in total. The number of aromatic nitrogens is 7. The van der Waals surface area contributed by atoms with Gasteiger partial charge in [-0.05, 0) is 38.2 Å². The highest BCUT2D eigenvalue weighted by molar-refractivity contribution is 7.91. The van der Waals surface area contributed by atoms with Gasteiger partial charge in [0.05, 0.1) is 23.7 Å². The molecule has 2 saturated heterocycles. The zero-order valence-corrected chi connectivity index (χ0v) is 22.3. The van der Waals surface area contributed by atoms with E-state index in [1.165, 1.54) is 10.8 Å². The molecule has 4 aromatic rings. The second kappa shape index (κ2) is 9.38. The van der Waals surface area contributed by atoms with Crippen LogP contribution in [-0.4, -0.2) is 77.4 Å². The molecule has 2 aliphatic rings. The van der Waals surface area contributed by atoms with Crippen LogP contribution in [-0.2, 0) is 9.84 Å². The Hall–Kier alpha value is -3.91. The molecule has 0 radical (unpaired) electrons. The van der Waals surface area contributed by atoms with E-state index in [-0.39, 0.29) is 40.4 Å². The number of H-pyrrole nitrogens is 1. The third-order valence-corrected chi connectivity index (χ3v) is 8.99. The first kappa shape index (κ1) is 25.4. The molecule has 39 heavy (non-hydrogen) atoms. The number of nitrogens with two attached hydrogens (primary N) is 1. The molecule has 0 aromatic carbocycles. The van der Waals surface area contributed by atoms with Crippen LogP contribution in [0.1, 0.15) is 73.1 Å². The molecular formula is C25H29N9O4S. The molecule has 2 aliphatic heterocycles. The van der Waals surface area contributed by atoms with E-state index in [1.54, 1.807) is 18.5 Å². The fourth-order valence-corrected chi connectivity index (χ4v) is 7.07. The SMILES string of the molecule is CCC(O)c1ccc(-c2cnn3c(N)c(S(C)(=O)=O)c(C4C[C@H]5CC[C@@H](C4)N5C(=O)c4ncn[nH]4)nc23)cn1. The highest BCUT2D eigenvalue weighted by atomic mass is 32.2. The van der Waals surface area contributed by atoms with Crippen molar-refractivity contribution in [3.63, 3.8) is 0 Å². The zero-order valence-electron chi connectivity index (χ0n) is 21.5. The molecule has 2 bridgehead atoms. The first-order valence-electron chi connectivity index (χ1n) is 12.9. The summed E-state index contributed by atoms with van der Waals surface area (Å²) >= 11 is 0. The van der Waals surface area contributed by atoms with Crippen molar-refractivity contribution in [3.05, 3.63) is 48.1 Å². The third-order valence-electron chi connectivity index (χ3n) is 7.83. The van der Waals surface area contributed by atoms with Crippen molar-refractivity contribution in [2.75, 3.05) is 12.0 Å². The molecule has 0 spiro atoms. The number of anilines is 1. The molecule has 2 fully saturated rings. The number of nitrogen functional groups attached to an aromatic ring is 1. The van der Waals surface area contributed by atoms with Gasteiger partial charge in [-0.25, -0.2) is 18.4 Å². The first-order valence-corrected chi connectivity index (χ1v) is 14.8. The minimum atomic E-state index is -3.75. The average molecular weight is 552 g/mol. The van der Waals surface area contributed by atoms with Gasteiger partial charge in [0.1, 0.15) is 17.0 Å². The van der Waals surface area contributed by atoms with E-state index in [2.05, 4.69) is 25.3 Å². The van der Waals surface area contributed by atoms with Gasteiger partial charge in [-0.2, -0.15) is 14.7 Å². The number of aromatic amines is 1. The van der Waals surface area contributed by atoms with Crippen LogP contribution in [0.5, 0.6) is 0 Å². The number of carbonyl (C=O) groups excluding carboxylic acids is 1. The lowest BCUT2D eigenvalue weighted by atomic mass is 9.87. The molecule has 204 valence electrons. The maximum Gasteiger partial charge on any atom is 0.291 e. The molecular weight excluding hydrogens is 522 g/mol. The van der Waals surface area contributed by atoms with Gasteiger partial charge in [-0.1, -0.05) is 13.0 Å². The highest BCUT2D eigenvalue weighted by Gasteiger charge is 2.46. The van der Waals surface area contributed by atoms with Gasteiger partial charge < -0.3 is 15.7 Å². The Labute approximate surface area is 224 Å². The van der Waals surface area contributed by atoms with Crippen LogP contribution in [0.2, 0.25) is 0 Å². The number of nitrogens with zero attached hydrogens (tertiary/aromatic N) is 7. The molecule has 1 amide bonds. The maximum atomic E-state index is 13.1. The number of pyridine rings is 1. The van der Waals surface area contributed by atoms with Gasteiger partial charge in [0.25, 0.3) is 5.91 Å². The number of aliphatic hydroxyl groups excluding tert-OH is 1. The normalized spacial score (nSPS) is 21.9. The Morgan fingerprint density at radius 1 is 1.21 bits per heavy atom. The minimum Gasteiger partial charge on any atom is -0.387 e. The highest BCUT2D eigenvalue weighted by Crippen LogP contribution is 2.45. The van der Waals surface area contributed by atoms with Crippen LogP contribution in [0.15, 0.2) is 35.7 Å². The van der Waals surface area contributed by atoms with Crippen molar-refractivity contribution in [3.8, 4) is 11.1 Å². The lowest BCUT2D eigenvalue weighted by molar-refractivity contribution is 0.0556. The number of fused-ring (bicyclic) bond motifs is 3. The van der Waals surface area contributed by atoms with Crippen LogP contribution < -0.4 is 5.73 Å². The minimum absolute atomic E-state index is 0.00208. The van der Waals surface area contributed by atoms with Gasteiger partial charge in [0.2, 0.25) is 5.82 Å². The first-order chi connectivity index (χ1) is 18.7. The Morgan fingerprint density at radius 3 is 2.54 bits per heavy atom. The van der Waals surface area contributed by atoms with Crippen molar-refractivity contribution < 1.29 is 18.3 Å². The second-order valence-electron chi connectivity index (χ2n) is 10.3. The Kier molecular flexibility index (Phi) is 6.10. The molecule has 0 saturated carbocycles. The summed E-state index contributed by atoms with van der Waals surface area (Å²) in [5.41, 5.74) is 9.21. The topological polar surface area (TPSA) is 185 Å². The number of piperidine rings is 1. The molecule has 6 rings (SSSR count). The predicted molar refractivity (Wildman–Crippen MR) is 140 cm³/mol. The van der Waals surface area contributed by atoms with Gasteiger partial charge in [-0.3, -0.25) is 14.9 Å². The summed E-state index contributed by atoms with van der Waals surface area (Å²) in [6.07, 6.45) is 8.27. The molecule has 4 aromatic heterocycles. The zero-order chi connectivity index (χ0) is 27.5. The maximum absolute atomic E-state index is 13.1. The van der Waals surface area contributed by atoms with E-state index >= 15 is 0 Å². The largest absolute Gasteiger partial charge is 0.387 e. The van der Waals surface area contributed by atoms with Crippen molar-refractivity contribution >= 4 is 27.2 Å². The lowest BCUT2D eigenvalue weighted by Crippen LogP contribution is -2.46. The number of hydrogen-bond donors (Lipinski definition) is 3. The molecule has 4 N–H and O–H groups in total. The third kappa shape index (κ3) is 4.23. The summed E-state index contributed by atoms with van der Waals surface area (Å²) in [7, 11) is -3.75. The standard InChI is InChI=1S/C25H29N9O4S/c1-3-19(35)18-7-4-13(10-27-18)17-11-30-34-22(26)21(39(2,37)38)20(31-24(17)34)14-8-15-5-6-16(9-14)33(15)25(36)23-28-12-29-32-23/h4,7,10-12,14-16,19,35H,3,5-6,8-9,26H2,1-2H3,(H,28,29,32)/t14?,15-,16+,19?. The Balaban J connectivity index is 1.41. The summed E-state index contributed by atoms with van der Waals surface area (Å²) in [5, 5.41) is 20.9. The van der Waals surface area contributed by atoms with Crippen LogP contribution in [0, 0.1) is 0 Å². The van der Waals surface area contributed by atoms with Crippen LogP contribution >= 0.6 is 0 Å². The van der Waals surface area contributed by atoms with Gasteiger partial charge >= 0.3 is 0 Å². The smallest absolute Gasteiger partial charge is 0.291 e. The summed E-state index contributed by atoms with van der Waals surface area (Å²) in [6.45, 7) is 1.87. The second-order valence-corrected chi connectivity index (χ2v) is 12.2. The number of amides is 1. The number of carbonyl (C=O) groups is 1. The molecule has 0 aliphatic carbocycles. The fourth-order valence-electron chi connectivity index (χ4n) is 6.01. The van der Waals surface area contributed by atoms with Crippen molar-refractivity contribution in [1.82, 2.24) is 39.7 Å². The van der Waals surface area contributed by atoms with Crippen LogP contribution in [0.25, 0.3) is 16.8 Å². The van der Waals surface area contributed by atoms with Crippen molar-refractivity contribution in [2.24, 2.45) is 0 Å². The van der Waals surface area contributed by atoms with E-state index in [0.717, 1.165) is 24.7 Å². The number of sulfone groups is 1. The molecule has 6 heterocycles. The van der Waals surface area contributed by atoms with Crippen molar-refractivity contribution in [2.45, 2.75) is 68.0 Å². The molecule has 4 atom stereocenters. The number of hydrogen-bond acceptors (Lipinski definition) is 10. The molecule has 14 heteroatoms. The number of aliphatic hydroxyl groups is 1. The summed E-state index contributed by atoms with van der Waals surface area (Å²) in [6, 6.07) is 3.42. The van der Waals surface area contributed by atoms with E-state index < -0.39 is 15.9 Å². The average Bonchev–Trinajstić information content (AvgIpc) is 3.65. The van der Waals surface area contributed by atoms with E-state index in [0.29, 0.717) is 41.9 Å². The Bertz CT molecular complexity index is 1640. The summed E-state index contributed by atoms with van der Waals surface area (Å²) in [4.78, 5) is 28.2. The van der Waals surface area contributed by atoms with E-state index in [1.807, 2.05) is 17.9 Å². The number of rotatable bonds is 6. The summed E-state index contributed by atoms with van der Waals surface area (Å²) < 4.78 is 27.3. The van der Waals surface area contributed by atoms with E-state index in [9.17, 15) is 18.3 Å². The van der Waals surface area contributed by atoms with Crippen LogP contribution in [0.3, 0.4) is 0 Å². The van der Waals surface area contributed by atoms with Crippen molar-refractivity contribution in [1.29, 1.82) is 0 Å². The predicted octanol–water partition coefficient (Wildman–Crippen LogP) is 1.89. The monoisotopic (exact) mass is 551 g/mol. The Morgan fingerprint density at radius 2 is 1.95 bits per heavy atom. The van der Waals surface area contributed by atoms with Gasteiger partial charge in [0.15, 0.2) is 15.5 Å². The summed E-state index contributed by atoms with van der Waals surface area (Å²) in [5.74, 6) is -0.226. The van der Waals surface area contributed by atoms with Gasteiger partial charge in [-0.15, -0.1) is 0 Å². The fraction of sp³-hybridized carbons (Fsp3) is 0.440. The quantitative estimate of drug-likeness (QED) is 0.319. The number of nitrogens with one attached hydrogen (secondary N) is 1. The molecule has 2 unspecified atom stereocenters.